The van der Waals surface area contributed by atoms with Crippen LogP contribution in [0.3, 0.4) is 0 Å². The van der Waals surface area contributed by atoms with Crippen LogP contribution in [0.1, 0.15) is 6.42 Å². The third kappa shape index (κ3) is 3.75. The van der Waals surface area contributed by atoms with E-state index in [-0.39, 0.29) is 30.4 Å². The van der Waals surface area contributed by atoms with Gasteiger partial charge in [-0.3, -0.25) is 9.59 Å². The smallest absolute Gasteiger partial charge is 0.332 e. The van der Waals surface area contributed by atoms with E-state index in [1.807, 2.05) is 0 Å². The molecule has 20 heavy (non-hydrogen) atoms. The molecule has 0 aliphatic carbocycles. The molecule has 1 rings (SSSR count). The van der Waals surface area contributed by atoms with Crippen molar-refractivity contribution < 1.29 is 31.5 Å². The van der Waals surface area contributed by atoms with Crippen molar-refractivity contribution in [3.63, 3.8) is 0 Å². The van der Waals surface area contributed by atoms with Crippen LogP contribution < -0.4 is 0 Å². The Hall–Kier alpha value is -0.570. The monoisotopic (exact) mass is 339 g/mol. The molecule has 0 spiro atoms. The average Bonchev–Trinajstić information content (AvgIpc) is 2.37. The summed E-state index contributed by atoms with van der Waals surface area (Å²) in [6, 6.07) is -0.985. The van der Waals surface area contributed by atoms with Crippen LogP contribution in [0.2, 0.25) is 0 Å². The molecule has 10 heteroatoms. The molecular formula is C10H11ClF5NO2S. The summed E-state index contributed by atoms with van der Waals surface area (Å²) >= 11 is 6.55. The van der Waals surface area contributed by atoms with Crippen LogP contribution in [-0.2, 0) is 9.59 Å². The molecule has 0 aromatic rings. The molecule has 1 amide bonds. The lowest BCUT2D eigenvalue weighted by Crippen LogP contribution is -2.57. The van der Waals surface area contributed by atoms with E-state index in [9.17, 15) is 31.5 Å². The molecule has 116 valence electrons. The summed E-state index contributed by atoms with van der Waals surface area (Å²) in [6.45, 7) is -0.255. The Bertz CT molecular complexity index is 390. The zero-order valence-electron chi connectivity index (χ0n) is 10.1. The predicted octanol–water partition coefficient (Wildman–Crippen LogP) is 2.33. The average molecular weight is 340 g/mol. The van der Waals surface area contributed by atoms with Crippen LogP contribution in [0.4, 0.5) is 22.0 Å². The molecule has 0 N–H and O–H groups in total. The van der Waals surface area contributed by atoms with E-state index in [0.717, 1.165) is 0 Å². The lowest BCUT2D eigenvalue weighted by atomic mass is 10.1. The van der Waals surface area contributed by atoms with Crippen molar-refractivity contribution in [3.8, 4) is 0 Å². The number of halogens is 6. The van der Waals surface area contributed by atoms with Crippen LogP contribution in [0.5, 0.6) is 0 Å². The Labute approximate surface area is 120 Å². The van der Waals surface area contributed by atoms with Crippen LogP contribution >= 0.6 is 23.4 Å². The quantitative estimate of drug-likeness (QED) is 0.583. The summed E-state index contributed by atoms with van der Waals surface area (Å²) < 4.78 is 62.7. The topological polar surface area (TPSA) is 37.4 Å². The Kier molecular flexibility index (Phi) is 5.65. The van der Waals surface area contributed by atoms with Gasteiger partial charge in [0.05, 0.1) is 5.88 Å². The summed E-state index contributed by atoms with van der Waals surface area (Å²) in [5.41, 5.74) is 0. The highest BCUT2D eigenvalue weighted by Gasteiger charge is 2.65. The highest BCUT2D eigenvalue weighted by Crippen LogP contribution is 2.38. The number of carbonyl (C=O) groups is 2. The number of ketones is 1. The van der Waals surface area contributed by atoms with Crippen molar-refractivity contribution in [3.05, 3.63) is 0 Å². The Balaban J connectivity index is 2.90. The maximum atomic E-state index is 13.1. The third-order valence-corrected chi connectivity index (χ3v) is 4.12. The number of hydrogen-bond acceptors (Lipinski definition) is 3. The molecule has 0 saturated carbocycles. The molecular weight excluding hydrogens is 329 g/mol. The van der Waals surface area contributed by atoms with Gasteiger partial charge < -0.3 is 4.90 Å². The Morgan fingerprint density at radius 1 is 1.25 bits per heavy atom. The van der Waals surface area contributed by atoms with Gasteiger partial charge in [0, 0.05) is 30.5 Å². The molecule has 1 unspecified atom stereocenters. The van der Waals surface area contributed by atoms with Gasteiger partial charge in [0.25, 0.3) is 0 Å². The van der Waals surface area contributed by atoms with Crippen molar-refractivity contribution >= 4 is 35.1 Å². The van der Waals surface area contributed by atoms with Gasteiger partial charge in [-0.25, -0.2) is 0 Å². The number of Topliss-reactive ketones (excluding diaryl/α,β-unsaturated/α-hetero) is 1. The first kappa shape index (κ1) is 17.5. The van der Waals surface area contributed by atoms with E-state index < -0.39 is 29.8 Å². The normalized spacial score (nSPS) is 20.9. The Morgan fingerprint density at radius 3 is 2.35 bits per heavy atom. The molecule has 3 nitrogen and oxygen atoms in total. The molecule has 1 aliphatic heterocycles. The van der Waals surface area contributed by atoms with Gasteiger partial charge in [0.15, 0.2) is 0 Å². The SMILES string of the molecule is O=C(CCl)CC1CSCCN1C(=O)C(F)(F)C(F)(F)F. The molecule has 1 heterocycles. The van der Waals surface area contributed by atoms with Crippen molar-refractivity contribution in [2.24, 2.45) is 0 Å². The molecule has 0 bridgehead atoms. The number of amides is 1. The van der Waals surface area contributed by atoms with Gasteiger partial charge in [0.2, 0.25) is 0 Å². The molecule has 1 saturated heterocycles. The molecule has 0 radical (unpaired) electrons. The molecule has 1 aliphatic rings. The second-order valence-corrected chi connectivity index (χ2v) is 5.59. The number of alkyl halides is 6. The summed E-state index contributed by atoms with van der Waals surface area (Å²) in [5, 5.41) is 0. The van der Waals surface area contributed by atoms with Crippen LogP contribution in [-0.4, -0.2) is 58.7 Å². The minimum absolute atomic E-state index is 0.127. The number of nitrogens with zero attached hydrogens (tertiary/aromatic N) is 1. The van der Waals surface area contributed by atoms with E-state index in [2.05, 4.69) is 0 Å². The van der Waals surface area contributed by atoms with E-state index in [1.54, 1.807) is 0 Å². The fourth-order valence-electron chi connectivity index (χ4n) is 1.71. The summed E-state index contributed by atoms with van der Waals surface area (Å²) in [7, 11) is 0. The summed E-state index contributed by atoms with van der Waals surface area (Å²) in [5.74, 6) is -8.27. The number of carbonyl (C=O) groups excluding carboxylic acids is 2. The maximum absolute atomic E-state index is 13.1. The lowest BCUT2D eigenvalue weighted by Gasteiger charge is -2.37. The number of thioether (sulfide) groups is 1. The second-order valence-electron chi connectivity index (χ2n) is 4.18. The first-order valence-electron chi connectivity index (χ1n) is 5.52. The van der Waals surface area contributed by atoms with Crippen LogP contribution in [0.15, 0.2) is 0 Å². The first-order chi connectivity index (χ1) is 9.11. The lowest BCUT2D eigenvalue weighted by molar-refractivity contribution is -0.275. The molecule has 1 atom stereocenters. The highest BCUT2D eigenvalue weighted by molar-refractivity contribution is 7.99. The van der Waals surface area contributed by atoms with Crippen molar-refractivity contribution in [2.45, 2.75) is 24.6 Å². The zero-order chi connectivity index (χ0) is 15.6. The van der Waals surface area contributed by atoms with E-state index in [4.69, 9.17) is 11.6 Å². The fourth-order valence-corrected chi connectivity index (χ4v) is 2.88. The predicted molar refractivity (Wildman–Crippen MR) is 64.2 cm³/mol. The summed E-state index contributed by atoms with van der Waals surface area (Å²) in [6.07, 6.45) is -6.27. The second kappa shape index (κ2) is 6.46. The fraction of sp³-hybridized carbons (Fsp3) is 0.800. The van der Waals surface area contributed by atoms with Gasteiger partial charge in [-0.05, 0) is 0 Å². The molecule has 1 fully saturated rings. The van der Waals surface area contributed by atoms with Gasteiger partial charge in [-0.15, -0.1) is 11.6 Å². The van der Waals surface area contributed by atoms with E-state index in [0.29, 0.717) is 4.90 Å². The van der Waals surface area contributed by atoms with Crippen molar-refractivity contribution in [1.29, 1.82) is 0 Å². The standard InChI is InChI=1S/C10H11ClF5NO2S/c11-4-7(18)3-6-5-20-2-1-17(6)8(19)9(12,13)10(14,15)16/h6H,1-5H2. The maximum Gasteiger partial charge on any atom is 0.463 e. The summed E-state index contributed by atoms with van der Waals surface area (Å²) in [4.78, 5) is 23.1. The van der Waals surface area contributed by atoms with Crippen molar-refractivity contribution in [2.75, 3.05) is 23.9 Å². The van der Waals surface area contributed by atoms with Gasteiger partial charge in [0.1, 0.15) is 5.78 Å². The van der Waals surface area contributed by atoms with Gasteiger partial charge >= 0.3 is 18.0 Å². The minimum atomic E-state index is -5.95. The Morgan fingerprint density at radius 2 is 1.85 bits per heavy atom. The minimum Gasteiger partial charge on any atom is -0.332 e. The molecule has 0 aromatic carbocycles. The first-order valence-corrected chi connectivity index (χ1v) is 7.21. The highest BCUT2D eigenvalue weighted by atomic mass is 35.5. The van der Waals surface area contributed by atoms with Gasteiger partial charge in [-0.2, -0.15) is 33.7 Å². The third-order valence-electron chi connectivity index (χ3n) is 2.73. The molecule has 0 aromatic heterocycles. The largest absolute Gasteiger partial charge is 0.463 e. The van der Waals surface area contributed by atoms with E-state index >= 15 is 0 Å². The van der Waals surface area contributed by atoms with Crippen LogP contribution in [0, 0.1) is 0 Å². The van der Waals surface area contributed by atoms with Crippen molar-refractivity contribution in [1.82, 2.24) is 4.90 Å². The van der Waals surface area contributed by atoms with Crippen LogP contribution in [0.25, 0.3) is 0 Å². The van der Waals surface area contributed by atoms with E-state index in [1.165, 1.54) is 11.8 Å². The number of rotatable bonds is 4. The van der Waals surface area contributed by atoms with Gasteiger partial charge in [-0.1, -0.05) is 0 Å². The zero-order valence-corrected chi connectivity index (χ0v) is 11.6. The number of hydrogen-bond donors (Lipinski definition) is 0.